The molecule has 0 fully saturated rings. The second kappa shape index (κ2) is 6.38. The lowest BCUT2D eigenvalue weighted by Crippen LogP contribution is -2.19. The molecule has 2 rings (SSSR count). The summed E-state index contributed by atoms with van der Waals surface area (Å²) in [6, 6.07) is 4.60. The standard InChI is InChI=1S/C14H18N2O4/c1-2-3-7-20-8-6-16-12-5-4-10(13(17)18)9-11(12)15-14(16)19/h4-5,9H,2-3,6-8H2,1H3,(H,15,19)(H,17,18). The van der Waals surface area contributed by atoms with Gasteiger partial charge >= 0.3 is 11.7 Å². The van der Waals surface area contributed by atoms with Gasteiger partial charge in [0.15, 0.2) is 0 Å². The summed E-state index contributed by atoms with van der Waals surface area (Å²) >= 11 is 0. The molecule has 1 aromatic carbocycles. The molecule has 0 amide bonds. The molecule has 0 spiro atoms. The average Bonchev–Trinajstić information content (AvgIpc) is 2.73. The summed E-state index contributed by atoms with van der Waals surface area (Å²) in [4.78, 5) is 25.4. The summed E-state index contributed by atoms with van der Waals surface area (Å²) in [6.45, 7) is 3.70. The Morgan fingerprint density at radius 3 is 2.90 bits per heavy atom. The number of imidazole rings is 1. The topological polar surface area (TPSA) is 84.3 Å². The first-order valence-electron chi connectivity index (χ1n) is 6.67. The molecular formula is C14H18N2O4. The van der Waals surface area contributed by atoms with Crippen molar-refractivity contribution in [2.75, 3.05) is 13.2 Å². The van der Waals surface area contributed by atoms with Gasteiger partial charge in [-0.1, -0.05) is 13.3 Å². The molecule has 1 aromatic heterocycles. The van der Waals surface area contributed by atoms with Gasteiger partial charge in [-0.15, -0.1) is 0 Å². The van der Waals surface area contributed by atoms with Gasteiger partial charge in [-0.05, 0) is 24.6 Å². The Hall–Kier alpha value is -2.08. The molecule has 2 N–H and O–H groups in total. The number of carboxylic acid groups (broad SMARTS) is 1. The maximum absolute atomic E-state index is 11.8. The predicted molar refractivity (Wildman–Crippen MR) is 75.2 cm³/mol. The van der Waals surface area contributed by atoms with Gasteiger partial charge in [-0.25, -0.2) is 9.59 Å². The molecule has 108 valence electrons. The van der Waals surface area contributed by atoms with Crippen LogP contribution in [0.2, 0.25) is 0 Å². The molecule has 0 unspecified atom stereocenters. The molecule has 6 heteroatoms. The fourth-order valence-electron chi connectivity index (χ4n) is 2.02. The summed E-state index contributed by atoms with van der Waals surface area (Å²) < 4.78 is 7.01. The van der Waals surface area contributed by atoms with Crippen LogP contribution in [0.1, 0.15) is 30.1 Å². The minimum absolute atomic E-state index is 0.157. The van der Waals surface area contributed by atoms with Gasteiger partial charge in [-0.2, -0.15) is 0 Å². The summed E-state index contributed by atoms with van der Waals surface area (Å²) in [5.41, 5.74) is 1.13. The molecule has 0 saturated carbocycles. The number of aromatic amines is 1. The van der Waals surface area contributed by atoms with Crippen molar-refractivity contribution in [1.29, 1.82) is 0 Å². The number of ether oxygens (including phenoxy) is 1. The molecule has 0 aliphatic rings. The van der Waals surface area contributed by atoms with Crippen molar-refractivity contribution >= 4 is 17.0 Å². The first kappa shape index (κ1) is 14.3. The van der Waals surface area contributed by atoms with Crippen LogP contribution in [-0.4, -0.2) is 33.8 Å². The van der Waals surface area contributed by atoms with E-state index in [9.17, 15) is 9.59 Å². The number of hydrogen-bond donors (Lipinski definition) is 2. The van der Waals surface area contributed by atoms with E-state index < -0.39 is 5.97 Å². The first-order chi connectivity index (χ1) is 9.63. The van der Waals surface area contributed by atoms with Crippen LogP contribution in [0.15, 0.2) is 23.0 Å². The highest BCUT2D eigenvalue weighted by Crippen LogP contribution is 2.12. The summed E-state index contributed by atoms with van der Waals surface area (Å²) in [5.74, 6) is -1.01. The van der Waals surface area contributed by atoms with Gasteiger partial charge in [0.2, 0.25) is 0 Å². The molecule has 0 aliphatic carbocycles. The molecule has 0 radical (unpaired) electrons. The number of hydrogen-bond acceptors (Lipinski definition) is 3. The van der Waals surface area contributed by atoms with Crippen molar-refractivity contribution in [2.24, 2.45) is 0 Å². The van der Waals surface area contributed by atoms with Crippen LogP contribution in [0.5, 0.6) is 0 Å². The molecule has 2 aromatic rings. The second-order valence-electron chi connectivity index (χ2n) is 4.58. The van der Waals surface area contributed by atoms with E-state index in [1.54, 1.807) is 10.6 Å². The van der Waals surface area contributed by atoms with Gasteiger partial charge in [-0.3, -0.25) is 4.57 Å². The van der Waals surface area contributed by atoms with E-state index in [0.29, 0.717) is 30.8 Å². The average molecular weight is 278 g/mol. The molecule has 0 saturated heterocycles. The monoisotopic (exact) mass is 278 g/mol. The van der Waals surface area contributed by atoms with Gasteiger partial charge in [0.1, 0.15) is 0 Å². The van der Waals surface area contributed by atoms with Crippen molar-refractivity contribution in [3.63, 3.8) is 0 Å². The normalized spacial score (nSPS) is 11.1. The van der Waals surface area contributed by atoms with E-state index in [0.717, 1.165) is 12.8 Å². The zero-order valence-corrected chi connectivity index (χ0v) is 11.4. The smallest absolute Gasteiger partial charge is 0.335 e. The highest BCUT2D eigenvalue weighted by molar-refractivity contribution is 5.92. The van der Waals surface area contributed by atoms with E-state index in [4.69, 9.17) is 9.84 Å². The number of H-pyrrole nitrogens is 1. The number of aromatic carboxylic acids is 1. The number of fused-ring (bicyclic) bond motifs is 1. The van der Waals surface area contributed by atoms with Crippen LogP contribution in [0.4, 0.5) is 0 Å². The van der Waals surface area contributed by atoms with Crippen molar-refractivity contribution in [2.45, 2.75) is 26.3 Å². The van der Waals surface area contributed by atoms with Crippen LogP contribution in [0.25, 0.3) is 11.0 Å². The quantitative estimate of drug-likeness (QED) is 0.757. The van der Waals surface area contributed by atoms with E-state index in [2.05, 4.69) is 11.9 Å². The summed E-state index contributed by atoms with van der Waals surface area (Å²) in [6.07, 6.45) is 2.08. The minimum atomic E-state index is -1.01. The van der Waals surface area contributed by atoms with Crippen molar-refractivity contribution < 1.29 is 14.6 Å². The highest BCUT2D eigenvalue weighted by atomic mass is 16.5. The van der Waals surface area contributed by atoms with Crippen molar-refractivity contribution in [3.05, 3.63) is 34.2 Å². The summed E-state index contributed by atoms with van der Waals surface area (Å²) in [7, 11) is 0. The third-order valence-electron chi connectivity index (χ3n) is 3.12. The Kier molecular flexibility index (Phi) is 4.57. The van der Waals surface area contributed by atoms with E-state index >= 15 is 0 Å². The third-order valence-corrected chi connectivity index (χ3v) is 3.12. The van der Waals surface area contributed by atoms with Crippen LogP contribution in [0, 0.1) is 0 Å². The van der Waals surface area contributed by atoms with E-state index in [1.807, 2.05) is 0 Å². The maximum Gasteiger partial charge on any atom is 0.335 e. The Labute approximate surface area is 116 Å². The lowest BCUT2D eigenvalue weighted by atomic mass is 10.2. The first-order valence-corrected chi connectivity index (χ1v) is 6.67. The largest absolute Gasteiger partial charge is 0.478 e. The zero-order chi connectivity index (χ0) is 14.5. The number of carboxylic acids is 1. The van der Waals surface area contributed by atoms with Crippen LogP contribution in [-0.2, 0) is 11.3 Å². The number of benzene rings is 1. The van der Waals surface area contributed by atoms with Gasteiger partial charge < -0.3 is 14.8 Å². The number of carbonyl (C=O) groups is 1. The summed E-state index contributed by atoms with van der Waals surface area (Å²) in [5, 5.41) is 8.93. The molecule has 20 heavy (non-hydrogen) atoms. The predicted octanol–water partition coefficient (Wildman–Crippen LogP) is 1.84. The van der Waals surface area contributed by atoms with E-state index in [-0.39, 0.29) is 11.3 Å². The fraction of sp³-hybridized carbons (Fsp3) is 0.429. The molecule has 0 bridgehead atoms. The Morgan fingerprint density at radius 1 is 1.40 bits per heavy atom. The van der Waals surface area contributed by atoms with Crippen molar-refractivity contribution in [1.82, 2.24) is 9.55 Å². The number of rotatable bonds is 7. The Bertz CT molecular complexity index is 657. The Balaban J connectivity index is 2.15. The van der Waals surface area contributed by atoms with Crippen molar-refractivity contribution in [3.8, 4) is 0 Å². The Morgan fingerprint density at radius 2 is 2.20 bits per heavy atom. The number of nitrogens with one attached hydrogen (secondary N) is 1. The maximum atomic E-state index is 11.8. The van der Waals surface area contributed by atoms with Crippen LogP contribution in [0.3, 0.4) is 0 Å². The molecule has 6 nitrogen and oxygen atoms in total. The van der Waals surface area contributed by atoms with Crippen LogP contribution >= 0.6 is 0 Å². The second-order valence-corrected chi connectivity index (χ2v) is 4.58. The molecule has 0 atom stereocenters. The number of aromatic nitrogens is 2. The number of nitrogens with zero attached hydrogens (tertiary/aromatic N) is 1. The lowest BCUT2D eigenvalue weighted by Gasteiger charge is -2.05. The van der Waals surface area contributed by atoms with Gasteiger partial charge in [0.25, 0.3) is 0 Å². The molecule has 0 aliphatic heterocycles. The third kappa shape index (κ3) is 3.08. The molecular weight excluding hydrogens is 260 g/mol. The minimum Gasteiger partial charge on any atom is -0.478 e. The fourth-order valence-corrected chi connectivity index (χ4v) is 2.02. The van der Waals surface area contributed by atoms with Crippen LogP contribution < -0.4 is 5.69 Å². The van der Waals surface area contributed by atoms with Gasteiger partial charge in [0, 0.05) is 6.61 Å². The molecule has 1 heterocycles. The lowest BCUT2D eigenvalue weighted by molar-refractivity contribution is 0.0697. The van der Waals surface area contributed by atoms with Gasteiger partial charge in [0.05, 0.1) is 29.7 Å². The zero-order valence-electron chi connectivity index (χ0n) is 11.4. The van der Waals surface area contributed by atoms with E-state index in [1.165, 1.54) is 12.1 Å². The highest BCUT2D eigenvalue weighted by Gasteiger charge is 2.09. The number of unbranched alkanes of at least 4 members (excludes halogenated alkanes) is 1. The SMILES string of the molecule is CCCCOCCn1c(=O)[nH]c2cc(C(=O)O)ccc21.